The smallest absolute Gasteiger partial charge is 0.387 e. The molecular formula is C13H13F2O3. The van der Waals surface area contributed by atoms with Crippen LogP contribution in [-0.2, 0) is 4.79 Å². The van der Waals surface area contributed by atoms with E-state index < -0.39 is 6.61 Å². The fourth-order valence-electron chi connectivity index (χ4n) is 2.04. The molecule has 3 nitrogen and oxygen atoms in total. The predicted molar refractivity (Wildman–Crippen MR) is 60.8 cm³/mol. The lowest BCUT2D eigenvalue weighted by molar-refractivity contribution is -0.0520. The second-order valence-electron chi connectivity index (χ2n) is 4.17. The summed E-state index contributed by atoms with van der Waals surface area (Å²) >= 11 is 0. The molecule has 1 fully saturated rings. The van der Waals surface area contributed by atoms with Gasteiger partial charge in [0.2, 0.25) is 6.29 Å². The van der Waals surface area contributed by atoms with Crippen molar-refractivity contribution in [3.63, 3.8) is 0 Å². The minimum Gasteiger partial charge on any atom is -0.487 e. The molecule has 0 atom stereocenters. The molecule has 1 saturated carbocycles. The zero-order chi connectivity index (χ0) is 13.0. The standard InChI is InChI=1S/C13H13F2O3/c14-13(15)18-11-6-5-9(8-16)7-12(11)17-10-3-1-2-4-10/h5-7,10,13H,1-4H2. The third-order valence-corrected chi connectivity index (χ3v) is 2.87. The molecule has 0 heterocycles. The van der Waals surface area contributed by atoms with Gasteiger partial charge in [0.1, 0.15) is 0 Å². The van der Waals surface area contributed by atoms with E-state index in [-0.39, 0.29) is 23.2 Å². The lowest BCUT2D eigenvalue weighted by atomic mass is 10.2. The van der Waals surface area contributed by atoms with Crippen molar-refractivity contribution in [2.24, 2.45) is 0 Å². The van der Waals surface area contributed by atoms with E-state index in [0.29, 0.717) is 0 Å². The van der Waals surface area contributed by atoms with Gasteiger partial charge in [-0.15, -0.1) is 0 Å². The Bertz CT molecular complexity index is 415. The van der Waals surface area contributed by atoms with E-state index in [4.69, 9.17) is 4.74 Å². The molecule has 0 spiro atoms. The summed E-state index contributed by atoms with van der Waals surface area (Å²) in [6.45, 7) is -2.91. The lowest BCUT2D eigenvalue weighted by Crippen LogP contribution is -2.13. The Morgan fingerprint density at radius 1 is 1.22 bits per heavy atom. The monoisotopic (exact) mass is 255 g/mol. The van der Waals surface area contributed by atoms with Crippen LogP contribution in [-0.4, -0.2) is 19.0 Å². The Morgan fingerprint density at radius 3 is 2.56 bits per heavy atom. The van der Waals surface area contributed by atoms with Crippen molar-refractivity contribution in [2.75, 3.05) is 0 Å². The molecule has 1 radical (unpaired) electrons. The zero-order valence-electron chi connectivity index (χ0n) is 9.70. The van der Waals surface area contributed by atoms with E-state index >= 15 is 0 Å². The first-order valence-electron chi connectivity index (χ1n) is 5.82. The van der Waals surface area contributed by atoms with Crippen LogP contribution in [0.5, 0.6) is 11.5 Å². The number of alkyl halides is 2. The van der Waals surface area contributed by atoms with Crippen molar-refractivity contribution in [2.45, 2.75) is 38.4 Å². The highest BCUT2D eigenvalue weighted by Crippen LogP contribution is 2.33. The van der Waals surface area contributed by atoms with Crippen molar-refractivity contribution in [1.29, 1.82) is 0 Å². The van der Waals surface area contributed by atoms with Crippen molar-refractivity contribution in [3.8, 4) is 11.5 Å². The number of hydrogen-bond donors (Lipinski definition) is 0. The summed E-state index contributed by atoms with van der Waals surface area (Å²) in [5.74, 6) is 0.138. The molecule has 0 amide bonds. The molecule has 5 heteroatoms. The molecule has 2 rings (SSSR count). The second-order valence-corrected chi connectivity index (χ2v) is 4.17. The summed E-state index contributed by atoms with van der Waals surface area (Å²) in [5.41, 5.74) is 0.254. The van der Waals surface area contributed by atoms with Gasteiger partial charge in [-0.05, 0) is 43.9 Å². The molecule has 0 saturated heterocycles. The average molecular weight is 255 g/mol. The first kappa shape index (κ1) is 12.8. The van der Waals surface area contributed by atoms with Gasteiger partial charge >= 0.3 is 6.61 Å². The van der Waals surface area contributed by atoms with Gasteiger partial charge < -0.3 is 9.47 Å². The van der Waals surface area contributed by atoms with Crippen LogP contribution in [0.15, 0.2) is 18.2 Å². The number of halogens is 2. The Kier molecular flexibility index (Phi) is 4.12. The maximum atomic E-state index is 12.2. The van der Waals surface area contributed by atoms with Crippen LogP contribution in [0.3, 0.4) is 0 Å². The third kappa shape index (κ3) is 3.18. The first-order valence-corrected chi connectivity index (χ1v) is 5.82. The topological polar surface area (TPSA) is 35.5 Å². The van der Waals surface area contributed by atoms with Gasteiger partial charge in [0.15, 0.2) is 11.5 Å². The highest BCUT2D eigenvalue weighted by Gasteiger charge is 2.20. The van der Waals surface area contributed by atoms with Crippen LogP contribution < -0.4 is 9.47 Å². The Labute approximate surface area is 104 Å². The molecule has 0 N–H and O–H groups in total. The number of ether oxygens (including phenoxy) is 2. The first-order chi connectivity index (χ1) is 8.69. The van der Waals surface area contributed by atoms with Crippen molar-refractivity contribution < 1.29 is 23.0 Å². The number of rotatable bonds is 5. The van der Waals surface area contributed by atoms with Crippen LogP contribution in [0.2, 0.25) is 0 Å². The molecule has 0 aliphatic heterocycles. The SMILES string of the molecule is O=[C]c1ccc(OC(F)F)c(OC2CCCC2)c1. The normalized spacial score (nSPS) is 15.9. The van der Waals surface area contributed by atoms with Crippen molar-refractivity contribution in [3.05, 3.63) is 23.8 Å². The van der Waals surface area contributed by atoms with E-state index in [0.717, 1.165) is 25.7 Å². The zero-order valence-corrected chi connectivity index (χ0v) is 9.70. The molecule has 97 valence electrons. The maximum absolute atomic E-state index is 12.2. The summed E-state index contributed by atoms with van der Waals surface area (Å²) in [5, 5.41) is 0. The lowest BCUT2D eigenvalue weighted by Gasteiger charge is -2.16. The van der Waals surface area contributed by atoms with E-state index in [1.54, 1.807) is 6.29 Å². The fourth-order valence-corrected chi connectivity index (χ4v) is 2.04. The van der Waals surface area contributed by atoms with Crippen molar-refractivity contribution in [1.82, 2.24) is 0 Å². The van der Waals surface area contributed by atoms with Crippen LogP contribution in [0.4, 0.5) is 8.78 Å². The van der Waals surface area contributed by atoms with E-state index in [1.807, 2.05) is 0 Å². The molecular weight excluding hydrogens is 242 g/mol. The second kappa shape index (κ2) is 5.80. The van der Waals surface area contributed by atoms with Gasteiger partial charge in [0.05, 0.1) is 6.10 Å². The largest absolute Gasteiger partial charge is 0.487 e. The summed E-state index contributed by atoms with van der Waals surface area (Å²) in [7, 11) is 0. The summed E-state index contributed by atoms with van der Waals surface area (Å²) in [4.78, 5) is 10.6. The van der Waals surface area contributed by atoms with Gasteiger partial charge in [-0.25, -0.2) is 0 Å². The highest BCUT2D eigenvalue weighted by molar-refractivity contribution is 5.76. The molecule has 1 aliphatic carbocycles. The van der Waals surface area contributed by atoms with Crippen LogP contribution in [0.1, 0.15) is 31.2 Å². The van der Waals surface area contributed by atoms with Crippen LogP contribution in [0, 0.1) is 0 Å². The van der Waals surface area contributed by atoms with Gasteiger partial charge in [-0.3, -0.25) is 4.79 Å². The predicted octanol–water partition coefficient (Wildman–Crippen LogP) is 3.07. The molecule has 1 aromatic rings. The minimum absolute atomic E-state index is 0.00641. The maximum Gasteiger partial charge on any atom is 0.387 e. The molecule has 1 aliphatic rings. The number of carbonyl (C=O) groups excluding carboxylic acids is 1. The van der Waals surface area contributed by atoms with Crippen LogP contribution in [0.25, 0.3) is 0 Å². The Hall–Kier alpha value is -1.65. The van der Waals surface area contributed by atoms with Gasteiger partial charge in [-0.1, -0.05) is 0 Å². The Morgan fingerprint density at radius 2 is 1.94 bits per heavy atom. The van der Waals surface area contributed by atoms with Crippen molar-refractivity contribution >= 4 is 6.29 Å². The summed E-state index contributed by atoms with van der Waals surface area (Å²) in [6, 6.07) is 4.05. The van der Waals surface area contributed by atoms with Gasteiger partial charge in [0.25, 0.3) is 0 Å². The van der Waals surface area contributed by atoms with Crippen LogP contribution >= 0.6 is 0 Å². The van der Waals surface area contributed by atoms with Gasteiger partial charge in [0, 0.05) is 5.56 Å². The quantitative estimate of drug-likeness (QED) is 0.811. The molecule has 0 aromatic heterocycles. The molecule has 18 heavy (non-hydrogen) atoms. The third-order valence-electron chi connectivity index (χ3n) is 2.87. The van der Waals surface area contributed by atoms with E-state index in [9.17, 15) is 13.6 Å². The molecule has 1 aromatic carbocycles. The Balaban J connectivity index is 2.19. The fraction of sp³-hybridized carbons (Fsp3) is 0.462. The average Bonchev–Trinajstić information content (AvgIpc) is 2.83. The van der Waals surface area contributed by atoms with E-state index in [1.165, 1.54) is 18.2 Å². The molecule has 0 bridgehead atoms. The summed E-state index contributed by atoms with van der Waals surface area (Å²) < 4.78 is 34.5. The minimum atomic E-state index is -2.91. The van der Waals surface area contributed by atoms with Gasteiger partial charge in [-0.2, -0.15) is 8.78 Å². The van der Waals surface area contributed by atoms with E-state index in [2.05, 4.69) is 4.74 Å². The molecule has 0 unspecified atom stereocenters. The highest BCUT2D eigenvalue weighted by atomic mass is 19.3. The summed E-state index contributed by atoms with van der Waals surface area (Å²) in [6.07, 6.45) is 5.62. The number of benzene rings is 1. The number of hydrogen-bond acceptors (Lipinski definition) is 3.